The topological polar surface area (TPSA) is 54.6 Å². The molecule has 2 aromatic rings. The Morgan fingerprint density at radius 2 is 2.25 bits per heavy atom. The van der Waals surface area contributed by atoms with Gasteiger partial charge in [0.25, 0.3) is 0 Å². The van der Waals surface area contributed by atoms with Crippen LogP contribution in [0.15, 0.2) is 29.0 Å². The van der Waals surface area contributed by atoms with Crippen molar-refractivity contribution < 1.29 is 9.90 Å². The molecule has 1 N–H and O–H groups in total. The molecule has 0 aliphatic heterocycles. The number of halogens is 1. The summed E-state index contributed by atoms with van der Waals surface area (Å²) >= 11 is 3.38. The molecule has 5 heteroatoms. The molecule has 1 fully saturated rings. The number of carboxylic acid groups (broad SMARTS) is 1. The SMILES string of the molecule is O=C(O)C1(c2cnc3ccc(Br)cn23)CC1. The zero-order chi connectivity index (χ0) is 11.3. The first-order chi connectivity index (χ1) is 7.63. The first kappa shape index (κ1) is 9.84. The molecule has 0 amide bonds. The van der Waals surface area contributed by atoms with Crippen LogP contribution in [0.3, 0.4) is 0 Å². The summed E-state index contributed by atoms with van der Waals surface area (Å²) in [5.74, 6) is -0.755. The normalized spacial score (nSPS) is 17.6. The second kappa shape index (κ2) is 3.07. The Morgan fingerprint density at radius 1 is 1.50 bits per heavy atom. The van der Waals surface area contributed by atoms with E-state index in [1.165, 1.54) is 0 Å². The number of hydrogen-bond donors (Lipinski definition) is 1. The lowest BCUT2D eigenvalue weighted by Crippen LogP contribution is -2.21. The van der Waals surface area contributed by atoms with Crippen molar-refractivity contribution in [1.29, 1.82) is 0 Å². The molecule has 0 unspecified atom stereocenters. The van der Waals surface area contributed by atoms with Gasteiger partial charge in [0, 0.05) is 10.7 Å². The van der Waals surface area contributed by atoms with E-state index in [1.54, 1.807) is 6.20 Å². The molecule has 0 radical (unpaired) electrons. The predicted octanol–water partition coefficient (Wildman–Crippen LogP) is 2.21. The number of hydrogen-bond acceptors (Lipinski definition) is 2. The molecule has 1 saturated carbocycles. The highest BCUT2D eigenvalue weighted by Crippen LogP contribution is 2.48. The minimum Gasteiger partial charge on any atom is -0.481 e. The quantitative estimate of drug-likeness (QED) is 0.918. The molecule has 1 aliphatic carbocycles. The summed E-state index contributed by atoms with van der Waals surface area (Å²) in [6, 6.07) is 3.76. The van der Waals surface area contributed by atoms with Crippen LogP contribution in [-0.2, 0) is 10.2 Å². The average Bonchev–Trinajstić information content (AvgIpc) is 2.95. The number of rotatable bonds is 2. The van der Waals surface area contributed by atoms with Crippen molar-refractivity contribution in [2.45, 2.75) is 18.3 Å². The number of aliphatic carboxylic acids is 1. The van der Waals surface area contributed by atoms with E-state index in [1.807, 2.05) is 22.7 Å². The van der Waals surface area contributed by atoms with Crippen LogP contribution in [0.4, 0.5) is 0 Å². The summed E-state index contributed by atoms with van der Waals surface area (Å²) in [7, 11) is 0. The smallest absolute Gasteiger partial charge is 0.315 e. The Hall–Kier alpha value is -1.36. The Balaban J connectivity index is 2.25. The molecule has 3 rings (SSSR count). The van der Waals surface area contributed by atoms with Crippen LogP contribution in [0.2, 0.25) is 0 Å². The summed E-state index contributed by atoms with van der Waals surface area (Å²) in [6.45, 7) is 0. The number of carbonyl (C=O) groups is 1. The molecule has 2 aromatic heterocycles. The van der Waals surface area contributed by atoms with Gasteiger partial charge in [-0.1, -0.05) is 0 Å². The molecular weight excluding hydrogens is 272 g/mol. The van der Waals surface area contributed by atoms with E-state index in [2.05, 4.69) is 20.9 Å². The molecule has 4 nitrogen and oxygen atoms in total. The second-order valence-electron chi connectivity index (χ2n) is 4.11. The van der Waals surface area contributed by atoms with Crippen LogP contribution in [0, 0.1) is 0 Å². The van der Waals surface area contributed by atoms with E-state index in [0.29, 0.717) is 12.8 Å². The predicted molar refractivity (Wildman–Crippen MR) is 61.4 cm³/mol. The minimum absolute atomic E-state index is 0.697. The van der Waals surface area contributed by atoms with Crippen molar-refractivity contribution in [2.75, 3.05) is 0 Å². The monoisotopic (exact) mass is 280 g/mol. The lowest BCUT2D eigenvalue weighted by atomic mass is 10.0. The lowest BCUT2D eigenvalue weighted by Gasteiger charge is -2.09. The van der Waals surface area contributed by atoms with Crippen molar-refractivity contribution in [2.24, 2.45) is 0 Å². The van der Waals surface area contributed by atoms with Crippen LogP contribution < -0.4 is 0 Å². The third kappa shape index (κ3) is 1.21. The molecule has 0 spiro atoms. The summed E-state index contributed by atoms with van der Waals surface area (Å²) in [5, 5.41) is 9.25. The van der Waals surface area contributed by atoms with Gasteiger partial charge in [-0.15, -0.1) is 0 Å². The largest absolute Gasteiger partial charge is 0.481 e. The zero-order valence-corrected chi connectivity index (χ0v) is 9.94. The molecule has 0 bridgehead atoms. The fraction of sp³-hybridized carbons (Fsp3) is 0.273. The standard InChI is InChI=1S/C11H9BrN2O2/c12-7-1-2-9-13-5-8(14(9)6-7)11(3-4-11)10(15)16/h1-2,5-6H,3-4H2,(H,15,16). The number of aromatic nitrogens is 2. The summed E-state index contributed by atoms with van der Waals surface area (Å²) in [5.41, 5.74) is 0.849. The van der Waals surface area contributed by atoms with Crippen LogP contribution in [0.1, 0.15) is 18.5 Å². The molecule has 82 valence electrons. The van der Waals surface area contributed by atoms with E-state index in [0.717, 1.165) is 15.8 Å². The van der Waals surface area contributed by atoms with Gasteiger partial charge in [-0.3, -0.25) is 4.79 Å². The number of carboxylic acids is 1. The highest BCUT2D eigenvalue weighted by Gasteiger charge is 2.53. The molecular formula is C11H9BrN2O2. The van der Waals surface area contributed by atoms with Gasteiger partial charge < -0.3 is 9.51 Å². The van der Waals surface area contributed by atoms with E-state index in [9.17, 15) is 9.90 Å². The molecule has 2 heterocycles. The molecule has 16 heavy (non-hydrogen) atoms. The summed E-state index contributed by atoms with van der Waals surface area (Å²) in [4.78, 5) is 15.5. The van der Waals surface area contributed by atoms with Crippen molar-refractivity contribution in [3.8, 4) is 0 Å². The van der Waals surface area contributed by atoms with Gasteiger partial charge >= 0.3 is 5.97 Å². The fourth-order valence-corrected chi connectivity index (χ4v) is 2.35. The number of pyridine rings is 1. The van der Waals surface area contributed by atoms with Crippen LogP contribution in [0.5, 0.6) is 0 Å². The number of fused-ring (bicyclic) bond motifs is 1. The lowest BCUT2D eigenvalue weighted by molar-refractivity contribution is -0.140. The van der Waals surface area contributed by atoms with Crippen molar-refractivity contribution in [3.05, 3.63) is 34.7 Å². The summed E-state index contributed by atoms with van der Waals surface area (Å²) in [6.07, 6.45) is 4.93. The van der Waals surface area contributed by atoms with Crippen LogP contribution in [-0.4, -0.2) is 20.5 Å². The van der Waals surface area contributed by atoms with Crippen molar-refractivity contribution >= 4 is 27.5 Å². The maximum Gasteiger partial charge on any atom is 0.315 e. The third-order valence-corrected chi connectivity index (χ3v) is 3.59. The van der Waals surface area contributed by atoms with E-state index in [4.69, 9.17) is 0 Å². The van der Waals surface area contributed by atoms with E-state index >= 15 is 0 Å². The Kier molecular flexibility index (Phi) is 1.89. The highest BCUT2D eigenvalue weighted by molar-refractivity contribution is 9.10. The number of nitrogens with zero attached hydrogens (tertiary/aromatic N) is 2. The maximum atomic E-state index is 11.3. The molecule has 0 saturated heterocycles. The van der Waals surface area contributed by atoms with Gasteiger partial charge in [0.15, 0.2) is 0 Å². The van der Waals surface area contributed by atoms with Gasteiger partial charge in [-0.05, 0) is 40.9 Å². The van der Waals surface area contributed by atoms with Gasteiger partial charge in [0.1, 0.15) is 11.1 Å². The number of imidazole rings is 1. The van der Waals surface area contributed by atoms with Crippen molar-refractivity contribution in [1.82, 2.24) is 9.38 Å². The molecule has 1 aliphatic rings. The Bertz CT molecular complexity index is 587. The van der Waals surface area contributed by atoms with Crippen LogP contribution in [0.25, 0.3) is 5.65 Å². The van der Waals surface area contributed by atoms with Gasteiger partial charge in [0.2, 0.25) is 0 Å². The van der Waals surface area contributed by atoms with Crippen LogP contribution >= 0.6 is 15.9 Å². The molecule has 0 atom stereocenters. The minimum atomic E-state index is -0.755. The first-order valence-electron chi connectivity index (χ1n) is 5.00. The zero-order valence-electron chi connectivity index (χ0n) is 8.35. The third-order valence-electron chi connectivity index (χ3n) is 3.12. The first-order valence-corrected chi connectivity index (χ1v) is 5.79. The second-order valence-corrected chi connectivity index (χ2v) is 5.02. The van der Waals surface area contributed by atoms with E-state index in [-0.39, 0.29) is 0 Å². The van der Waals surface area contributed by atoms with E-state index < -0.39 is 11.4 Å². The maximum absolute atomic E-state index is 11.3. The van der Waals surface area contributed by atoms with Gasteiger partial charge in [-0.25, -0.2) is 4.98 Å². The average molecular weight is 281 g/mol. The van der Waals surface area contributed by atoms with Gasteiger partial charge in [-0.2, -0.15) is 0 Å². The highest BCUT2D eigenvalue weighted by atomic mass is 79.9. The van der Waals surface area contributed by atoms with Gasteiger partial charge in [0.05, 0.1) is 11.9 Å². The Labute approximate surface area is 100 Å². The molecule has 0 aromatic carbocycles. The van der Waals surface area contributed by atoms with Crippen molar-refractivity contribution in [3.63, 3.8) is 0 Å². The fourth-order valence-electron chi connectivity index (χ4n) is 2.01. The Morgan fingerprint density at radius 3 is 2.88 bits per heavy atom. The summed E-state index contributed by atoms with van der Waals surface area (Å²) < 4.78 is 2.77.